The van der Waals surface area contributed by atoms with Crippen molar-refractivity contribution in [2.24, 2.45) is 0 Å². The van der Waals surface area contributed by atoms with Gasteiger partial charge >= 0.3 is 0 Å². The second-order valence-corrected chi connectivity index (χ2v) is 9.84. The minimum atomic E-state index is -4.12. The Morgan fingerprint density at radius 3 is 2.34 bits per heavy atom. The smallest absolute Gasteiger partial charge is 0.246 e. The van der Waals surface area contributed by atoms with Crippen LogP contribution in [0.25, 0.3) is 0 Å². The Morgan fingerprint density at radius 2 is 1.72 bits per heavy atom. The summed E-state index contributed by atoms with van der Waals surface area (Å²) in [5, 5.41) is 0. The molecule has 29 heavy (non-hydrogen) atoms. The molecule has 1 aliphatic heterocycles. The molecule has 1 saturated carbocycles. The number of nitrogens with zero attached hydrogens (tertiary/aromatic N) is 3. The fourth-order valence-corrected chi connectivity index (χ4v) is 5.74. The Morgan fingerprint density at radius 1 is 1.10 bits per heavy atom. The van der Waals surface area contributed by atoms with Crippen LogP contribution >= 0.6 is 0 Å². The molecule has 0 spiro atoms. The molecule has 0 N–H and O–H groups in total. The number of piperazine rings is 1. The van der Waals surface area contributed by atoms with E-state index in [1.54, 1.807) is 0 Å². The second-order valence-electron chi connectivity index (χ2n) is 7.93. The topological polar surface area (TPSA) is 60.9 Å². The molecule has 162 valence electrons. The summed E-state index contributed by atoms with van der Waals surface area (Å²) in [5.41, 5.74) is 0. The fraction of sp³-hybridized carbons (Fsp3) is 0.650. The molecule has 1 amide bonds. The average Bonchev–Trinajstić information content (AvgIpc) is 2.74. The molecule has 9 heteroatoms. The zero-order chi connectivity index (χ0) is 21.2. The molecular formula is C20H29F2N3O3S. The third-order valence-electron chi connectivity index (χ3n) is 6.16. The van der Waals surface area contributed by atoms with Crippen molar-refractivity contribution in [3.63, 3.8) is 0 Å². The number of sulfonamides is 1. The summed E-state index contributed by atoms with van der Waals surface area (Å²) in [6, 6.07) is 2.35. The van der Waals surface area contributed by atoms with Crippen LogP contribution in [0.15, 0.2) is 23.1 Å². The largest absolute Gasteiger partial charge is 0.341 e. The first kappa shape index (κ1) is 22.1. The van der Waals surface area contributed by atoms with Crippen LogP contribution in [-0.4, -0.2) is 73.7 Å². The van der Waals surface area contributed by atoms with Gasteiger partial charge in [0.1, 0.15) is 16.5 Å². The highest BCUT2D eigenvalue weighted by Gasteiger charge is 2.35. The van der Waals surface area contributed by atoms with E-state index in [9.17, 15) is 22.0 Å². The lowest BCUT2D eigenvalue weighted by Gasteiger charge is -2.39. The highest BCUT2D eigenvalue weighted by atomic mass is 32.2. The van der Waals surface area contributed by atoms with Gasteiger partial charge in [-0.15, -0.1) is 0 Å². The predicted octanol–water partition coefficient (Wildman–Crippen LogP) is 2.45. The van der Waals surface area contributed by atoms with E-state index in [-0.39, 0.29) is 31.1 Å². The first-order valence-electron chi connectivity index (χ1n) is 10.2. The third-order valence-corrected chi connectivity index (χ3v) is 8.07. The van der Waals surface area contributed by atoms with Crippen LogP contribution in [0, 0.1) is 11.6 Å². The minimum absolute atomic E-state index is 0.0457. The lowest BCUT2D eigenvalue weighted by Crippen LogP contribution is -2.56. The van der Waals surface area contributed by atoms with Gasteiger partial charge in [0.25, 0.3) is 0 Å². The summed E-state index contributed by atoms with van der Waals surface area (Å²) >= 11 is 0. The third kappa shape index (κ3) is 4.78. The Kier molecular flexibility index (Phi) is 6.90. The van der Waals surface area contributed by atoms with E-state index < -0.39 is 26.6 Å². The normalized spacial score (nSPS) is 21.1. The molecule has 1 aromatic rings. The maximum atomic E-state index is 14.0. The number of amides is 1. The molecule has 2 aliphatic rings. The number of likely N-dealkylation sites (N-methyl/N-ethyl adjacent to an activating group) is 1. The fourth-order valence-electron chi connectivity index (χ4n) is 4.24. The Hall–Kier alpha value is -1.58. The molecule has 0 radical (unpaired) electrons. The van der Waals surface area contributed by atoms with Crippen LogP contribution in [-0.2, 0) is 14.8 Å². The molecule has 0 unspecified atom stereocenters. The number of hydrogen-bond acceptors (Lipinski definition) is 4. The van der Waals surface area contributed by atoms with Crippen molar-refractivity contribution in [1.29, 1.82) is 0 Å². The lowest BCUT2D eigenvalue weighted by molar-refractivity contribution is -0.138. The lowest BCUT2D eigenvalue weighted by atomic mass is 9.94. The molecular weight excluding hydrogens is 400 g/mol. The molecule has 0 aromatic heterocycles. The first-order chi connectivity index (χ1) is 13.7. The number of hydrogen-bond donors (Lipinski definition) is 0. The quantitative estimate of drug-likeness (QED) is 0.722. The predicted molar refractivity (Wildman–Crippen MR) is 106 cm³/mol. The summed E-state index contributed by atoms with van der Waals surface area (Å²) in [4.78, 5) is 16.0. The monoisotopic (exact) mass is 429 g/mol. The maximum absolute atomic E-state index is 14.0. The van der Waals surface area contributed by atoms with Crippen molar-refractivity contribution in [2.75, 3.05) is 33.2 Å². The van der Waals surface area contributed by atoms with Gasteiger partial charge in [-0.2, -0.15) is 4.31 Å². The highest BCUT2D eigenvalue weighted by molar-refractivity contribution is 7.89. The van der Waals surface area contributed by atoms with Crippen molar-refractivity contribution < 1.29 is 22.0 Å². The Bertz CT molecular complexity index is 835. The number of halogens is 2. The summed E-state index contributed by atoms with van der Waals surface area (Å²) < 4.78 is 54.0. The molecule has 1 heterocycles. The van der Waals surface area contributed by atoms with Gasteiger partial charge in [0.05, 0.1) is 6.04 Å². The zero-order valence-corrected chi connectivity index (χ0v) is 17.8. The molecule has 1 aromatic carbocycles. The van der Waals surface area contributed by atoms with E-state index >= 15 is 0 Å². The van der Waals surface area contributed by atoms with Crippen molar-refractivity contribution >= 4 is 15.9 Å². The number of benzene rings is 1. The maximum Gasteiger partial charge on any atom is 0.246 e. The van der Waals surface area contributed by atoms with Crippen molar-refractivity contribution in [3.05, 3.63) is 29.8 Å². The molecule has 0 bridgehead atoms. The molecule has 1 saturated heterocycles. The van der Waals surface area contributed by atoms with Gasteiger partial charge in [0.2, 0.25) is 15.9 Å². The summed E-state index contributed by atoms with van der Waals surface area (Å²) in [6.07, 6.45) is 5.56. The van der Waals surface area contributed by atoms with Crippen molar-refractivity contribution in [3.8, 4) is 0 Å². The van der Waals surface area contributed by atoms with Gasteiger partial charge < -0.3 is 4.90 Å². The van der Waals surface area contributed by atoms with E-state index in [1.165, 1.54) is 6.42 Å². The number of carbonyl (C=O) groups is 1. The van der Waals surface area contributed by atoms with Crippen molar-refractivity contribution in [1.82, 2.24) is 14.1 Å². The highest BCUT2D eigenvalue weighted by Crippen LogP contribution is 2.24. The van der Waals surface area contributed by atoms with Gasteiger partial charge in [-0.25, -0.2) is 17.2 Å². The van der Waals surface area contributed by atoms with E-state index in [1.807, 2.05) is 23.8 Å². The van der Waals surface area contributed by atoms with Crippen LogP contribution in [0.1, 0.15) is 39.0 Å². The van der Waals surface area contributed by atoms with Crippen LogP contribution in [0.2, 0.25) is 0 Å². The van der Waals surface area contributed by atoms with Gasteiger partial charge in [-0.1, -0.05) is 19.3 Å². The summed E-state index contributed by atoms with van der Waals surface area (Å²) in [7, 11) is -2.27. The van der Waals surface area contributed by atoms with E-state index in [2.05, 4.69) is 0 Å². The molecule has 3 rings (SSSR count). The summed E-state index contributed by atoms with van der Waals surface area (Å²) in [5.74, 6) is -1.72. The second kappa shape index (κ2) is 9.06. The van der Waals surface area contributed by atoms with Crippen LogP contribution < -0.4 is 0 Å². The minimum Gasteiger partial charge on any atom is -0.341 e. The number of rotatable bonds is 5. The van der Waals surface area contributed by atoms with E-state index in [0.717, 1.165) is 42.1 Å². The Labute approximate surface area is 171 Å². The number of carbonyl (C=O) groups excluding carboxylic acids is 1. The summed E-state index contributed by atoms with van der Waals surface area (Å²) in [6.45, 7) is 2.83. The standard InChI is InChI=1S/C20H29F2N3O3S/c1-15(20(26)23(2)17-6-4-3-5-7-17)24-10-12-25(13-11-24)29(27,28)19-14-16(21)8-9-18(19)22/h8-9,14-15,17H,3-7,10-13H2,1-2H3/t15-/m1/s1. The van der Waals surface area contributed by atoms with Gasteiger partial charge in [0, 0.05) is 39.3 Å². The van der Waals surface area contributed by atoms with Crippen LogP contribution in [0.5, 0.6) is 0 Å². The van der Waals surface area contributed by atoms with Gasteiger partial charge in [0.15, 0.2) is 0 Å². The van der Waals surface area contributed by atoms with E-state index in [4.69, 9.17) is 0 Å². The van der Waals surface area contributed by atoms with E-state index in [0.29, 0.717) is 19.2 Å². The van der Waals surface area contributed by atoms with Crippen molar-refractivity contribution in [2.45, 2.75) is 56.0 Å². The van der Waals surface area contributed by atoms with Gasteiger partial charge in [-0.05, 0) is 38.0 Å². The Balaban J connectivity index is 1.62. The molecule has 6 nitrogen and oxygen atoms in total. The molecule has 2 fully saturated rings. The SMILES string of the molecule is C[C@H](C(=O)N(C)C1CCCCC1)N1CCN(S(=O)(=O)c2cc(F)ccc2F)CC1. The zero-order valence-electron chi connectivity index (χ0n) is 17.0. The van der Waals surface area contributed by atoms with Crippen LogP contribution in [0.4, 0.5) is 8.78 Å². The van der Waals surface area contributed by atoms with Gasteiger partial charge in [-0.3, -0.25) is 9.69 Å². The molecule has 1 atom stereocenters. The first-order valence-corrected chi connectivity index (χ1v) is 11.6. The van der Waals surface area contributed by atoms with Crippen LogP contribution in [0.3, 0.4) is 0 Å². The molecule has 1 aliphatic carbocycles. The average molecular weight is 430 g/mol.